The van der Waals surface area contributed by atoms with Gasteiger partial charge in [0.15, 0.2) is 0 Å². The Morgan fingerprint density at radius 1 is 1.37 bits per heavy atom. The molecule has 0 saturated carbocycles. The molecule has 4 rings (SSSR count). The van der Waals surface area contributed by atoms with E-state index < -0.39 is 0 Å². The van der Waals surface area contributed by atoms with Crippen molar-refractivity contribution in [2.45, 2.75) is 31.7 Å². The van der Waals surface area contributed by atoms with Crippen molar-refractivity contribution >= 4 is 16.9 Å². The summed E-state index contributed by atoms with van der Waals surface area (Å²) in [4.78, 5) is 14.7. The maximum absolute atomic E-state index is 4.57. The van der Waals surface area contributed by atoms with Crippen LogP contribution in [-0.2, 0) is 0 Å². The van der Waals surface area contributed by atoms with E-state index in [-0.39, 0.29) is 0 Å². The lowest BCUT2D eigenvalue weighted by atomic mass is 9.94. The lowest BCUT2D eigenvalue weighted by molar-refractivity contribution is 0.422. The van der Waals surface area contributed by atoms with E-state index in [1.54, 1.807) is 6.33 Å². The first-order valence-corrected chi connectivity index (χ1v) is 7.14. The van der Waals surface area contributed by atoms with Gasteiger partial charge < -0.3 is 15.2 Å². The number of nitrogens with one attached hydrogen (secondary N) is 2. The fraction of sp³-hybridized carbons (Fsp3) is 0.571. The summed E-state index contributed by atoms with van der Waals surface area (Å²) in [5, 5.41) is 4.73. The van der Waals surface area contributed by atoms with Crippen LogP contribution in [0.1, 0.15) is 31.2 Å². The second kappa shape index (κ2) is 4.20. The predicted octanol–water partition coefficient (Wildman–Crippen LogP) is 1.63. The van der Waals surface area contributed by atoms with Crippen LogP contribution >= 0.6 is 0 Å². The number of hydrogen-bond acceptors (Lipinski definition) is 4. The molecule has 5 nitrogen and oxygen atoms in total. The normalized spacial score (nSPS) is 26.9. The standard InChI is InChI=1S/C14H19N5/c1-9-7-19(10-3-2-4-15-5-10)14-12-11(9)6-16-13(12)17-8-18-14/h6,8-10,15H,2-5,7H2,1H3,(H,16,17,18). The van der Waals surface area contributed by atoms with Crippen LogP contribution in [-0.4, -0.2) is 40.6 Å². The van der Waals surface area contributed by atoms with Gasteiger partial charge in [-0.25, -0.2) is 9.97 Å². The fourth-order valence-corrected chi connectivity index (χ4v) is 3.48. The van der Waals surface area contributed by atoms with Gasteiger partial charge in [0.25, 0.3) is 0 Å². The zero-order chi connectivity index (χ0) is 12.8. The first-order chi connectivity index (χ1) is 9.34. The van der Waals surface area contributed by atoms with Crippen LogP contribution in [0.3, 0.4) is 0 Å². The monoisotopic (exact) mass is 257 g/mol. The van der Waals surface area contributed by atoms with Gasteiger partial charge in [-0.3, -0.25) is 0 Å². The number of nitrogens with zero attached hydrogens (tertiary/aromatic N) is 3. The topological polar surface area (TPSA) is 56.8 Å². The van der Waals surface area contributed by atoms with Crippen LogP contribution in [0.2, 0.25) is 0 Å². The summed E-state index contributed by atoms with van der Waals surface area (Å²) in [5.41, 5.74) is 2.34. The Morgan fingerprint density at radius 2 is 2.32 bits per heavy atom. The van der Waals surface area contributed by atoms with Crippen LogP contribution in [0.5, 0.6) is 0 Å². The lowest BCUT2D eigenvalue weighted by Gasteiger charge is -2.39. The summed E-state index contributed by atoms with van der Waals surface area (Å²) in [5.74, 6) is 1.65. The highest BCUT2D eigenvalue weighted by Gasteiger charge is 2.31. The first kappa shape index (κ1) is 11.2. The molecule has 100 valence electrons. The van der Waals surface area contributed by atoms with Gasteiger partial charge in [-0.05, 0) is 24.9 Å². The molecule has 0 spiro atoms. The van der Waals surface area contributed by atoms with Gasteiger partial charge in [-0.15, -0.1) is 0 Å². The average Bonchev–Trinajstić information content (AvgIpc) is 2.89. The van der Waals surface area contributed by atoms with Gasteiger partial charge in [0.2, 0.25) is 0 Å². The zero-order valence-electron chi connectivity index (χ0n) is 11.2. The third-order valence-corrected chi connectivity index (χ3v) is 4.47. The number of hydrogen-bond donors (Lipinski definition) is 2. The fourth-order valence-electron chi connectivity index (χ4n) is 3.48. The van der Waals surface area contributed by atoms with Crippen LogP contribution in [0.4, 0.5) is 5.82 Å². The molecule has 1 saturated heterocycles. The van der Waals surface area contributed by atoms with Crippen molar-refractivity contribution < 1.29 is 0 Å². The predicted molar refractivity (Wildman–Crippen MR) is 75.5 cm³/mol. The first-order valence-electron chi connectivity index (χ1n) is 7.14. The third kappa shape index (κ3) is 1.64. The van der Waals surface area contributed by atoms with Crippen molar-refractivity contribution in [3.05, 3.63) is 18.1 Å². The average molecular weight is 257 g/mol. The number of anilines is 1. The van der Waals surface area contributed by atoms with E-state index in [1.165, 1.54) is 23.8 Å². The highest BCUT2D eigenvalue weighted by molar-refractivity contribution is 5.92. The molecule has 4 heterocycles. The Labute approximate surface area is 112 Å². The number of aromatic amines is 1. The summed E-state index contributed by atoms with van der Waals surface area (Å²) >= 11 is 0. The van der Waals surface area contributed by atoms with E-state index >= 15 is 0 Å². The minimum atomic E-state index is 0.536. The van der Waals surface area contributed by atoms with E-state index in [0.29, 0.717) is 12.0 Å². The molecule has 5 heteroatoms. The van der Waals surface area contributed by atoms with Crippen molar-refractivity contribution in [1.29, 1.82) is 0 Å². The number of rotatable bonds is 1. The number of aromatic nitrogens is 3. The van der Waals surface area contributed by atoms with Crippen molar-refractivity contribution in [2.24, 2.45) is 0 Å². The van der Waals surface area contributed by atoms with Crippen molar-refractivity contribution in [3.63, 3.8) is 0 Å². The minimum absolute atomic E-state index is 0.536. The number of piperidine rings is 1. The van der Waals surface area contributed by atoms with Gasteiger partial charge in [0, 0.05) is 31.2 Å². The minimum Gasteiger partial charge on any atom is -0.351 e. The maximum Gasteiger partial charge on any atom is 0.143 e. The molecule has 0 aliphatic carbocycles. The third-order valence-electron chi connectivity index (χ3n) is 4.47. The molecule has 2 aromatic rings. The molecular formula is C14H19N5. The van der Waals surface area contributed by atoms with E-state index in [2.05, 4.69) is 38.3 Å². The van der Waals surface area contributed by atoms with Gasteiger partial charge in [0.05, 0.1) is 5.39 Å². The Bertz CT molecular complexity index is 599. The molecule has 2 atom stereocenters. The van der Waals surface area contributed by atoms with Gasteiger partial charge in [-0.2, -0.15) is 0 Å². The quantitative estimate of drug-likeness (QED) is 0.815. The number of H-pyrrole nitrogens is 1. The molecule has 2 aliphatic rings. The summed E-state index contributed by atoms with van der Waals surface area (Å²) in [6.45, 7) is 5.57. The molecular weight excluding hydrogens is 238 g/mol. The smallest absolute Gasteiger partial charge is 0.143 e. The second-order valence-electron chi connectivity index (χ2n) is 5.72. The summed E-state index contributed by atoms with van der Waals surface area (Å²) in [6, 6.07) is 0.567. The largest absolute Gasteiger partial charge is 0.351 e. The SMILES string of the molecule is CC1CN(C2CCCNC2)c2ncnc3[nH]cc1c23. The van der Waals surface area contributed by atoms with Crippen LogP contribution in [0, 0.1) is 0 Å². The van der Waals surface area contributed by atoms with Gasteiger partial charge >= 0.3 is 0 Å². The molecule has 0 aromatic carbocycles. The molecule has 0 amide bonds. The molecule has 2 unspecified atom stereocenters. The zero-order valence-corrected chi connectivity index (χ0v) is 11.2. The molecule has 2 aliphatic heterocycles. The van der Waals surface area contributed by atoms with Crippen LogP contribution in [0.15, 0.2) is 12.5 Å². The van der Waals surface area contributed by atoms with Crippen molar-refractivity contribution in [2.75, 3.05) is 24.5 Å². The van der Waals surface area contributed by atoms with E-state index in [9.17, 15) is 0 Å². The highest BCUT2D eigenvalue weighted by Crippen LogP contribution is 2.38. The van der Waals surface area contributed by atoms with Gasteiger partial charge in [0.1, 0.15) is 17.8 Å². The van der Waals surface area contributed by atoms with Crippen molar-refractivity contribution in [3.8, 4) is 0 Å². The van der Waals surface area contributed by atoms with E-state index in [1.807, 2.05) is 0 Å². The summed E-state index contributed by atoms with van der Waals surface area (Å²) in [6.07, 6.45) is 6.29. The Kier molecular flexibility index (Phi) is 2.48. The molecule has 2 aromatic heterocycles. The summed E-state index contributed by atoms with van der Waals surface area (Å²) < 4.78 is 0. The molecule has 2 N–H and O–H groups in total. The van der Waals surface area contributed by atoms with Crippen molar-refractivity contribution in [1.82, 2.24) is 20.3 Å². The molecule has 0 radical (unpaired) electrons. The van der Waals surface area contributed by atoms with Gasteiger partial charge in [-0.1, -0.05) is 6.92 Å². The lowest BCUT2D eigenvalue weighted by Crippen LogP contribution is -2.48. The van der Waals surface area contributed by atoms with E-state index in [4.69, 9.17) is 0 Å². The second-order valence-corrected chi connectivity index (χ2v) is 5.72. The Morgan fingerprint density at radius 3 is 3.16 bits per heavy atom. The van der Waals surface area contributed by atoms with Crippen LogP contribution < -0.4 is 10.2 Å². The molecule has 1 fully saturated rings. The maximum atomic E-state index is 4.57. The molecule has 0 bridgehead atoms. The Balaban J connectivity index is 1.83. The molecule has 19 heavy (non-hydrogen) atoms. The highest BCUT2D eigenvalue weighted by atomic mass is 15.2. The van der Waals surface area contributed by atoms with Crippen LogP contribution in [0.25, 0.3) is 11.0 Å². The van der Waals surface area contributed by atoms with E-state index in [0.717, 1.165) is 31.1 Å². The summed E-state index contributed by atoms with van der Waals surface area (Å²) in [7, 11) is 0. The Hall–Kier alpha value is -1.62.